The van der Waals surface area contributed by atoms with E-state index in [1.54, 1.807) is 18.4 Å². The van der Waals surface area contributed by atoms with Gasteiger partial charge in [0, 0.05) is 36.8 Å². The summed E-state index contributed by atoms with van der Waals surface area (Å²) in [5, 5.41) is 10.7. The fraction of sp³-hybridized carbons (Fsp3) is 0.200. The van der Waals surface area contributed by atoms with Gasteiger partial charge in [-0.1, -0.05) is 49.1 Å². The lowest BCUT2D eigenvalue weighted by Gasteiger charge is -2.35. The van der Waals surface area contributed by atoms with Gasteiger partial charge in [0.25, 0.3) is 0 Å². The third kappa shape index (κ3) is 3.95. The molecule has 1 atom stereocenters. The minimum Gasteiger partial charge on any atom is -0.384 e. The molecule has 0 aromatic carbocycles. The molecule has 1 unspecified atom stereocenters. The minimum absolute atomic E-state index is 0.280. The quantitative estimate of drug-likeness (QED) is 0.707. The molecule has 2 bridgehead atoms. The summed E-state index contributed by atoms with van der Waals surface area (Å²) in [7, 11) is 0. The molecule has 3 heteroatoms. The smallest absolute Gasteiger partial charge is 0.0361 e. The highest BCUT2D eigenvalue weighted by Crippen LogP contribution is 2.38. The van der Waals surface area contributed by atoms with Crippen molar-refractivity contribution in [2.24, 2.45) is 10.9 Å². The van der Waals surface area contributed by atoms with E-state index in [9.17, 15) is 0 Å². The van der Waals surface area contributed by atoms with E-state index in [0.717, 1.165) is 24.1 Å². The second kappa shape index (κ2) is 8.08. The maximum atomic E-state index is 7.18. The number of nitrogens with zero attached hydrogens (tertiary/aromatic N) is 1. The number of rotatable bonds is 6. The molecule has 0 aromatic heterocycles. The van der Waals surface area contributed by atoms with Gasteiger partial charge in [0.15, 0.2) is 0 Å². The summed E-state index contributed by atoms with van der Waals surface area (Å²) in [6.07, 6.45) is 17.4. The summed E-state index contributed by atoms with van der Waals surface area (Å²) < 4.78 is 0. The molecule has 0 amide bonds. The Hall–Kier alpha value is -2.68. The zero-order valence-corrected chi connectivity index (χ0v) is 13.5. The average Bonchev–Trinajstić information content (AvgIpc) is 2.57. The van der Waals surface area contributed by atoms with Crippen LogP contribution in [0.5, 0.6) is 0 Å². The van der Waals surface area contributed by atoms with E-state index < -0.39 is 0 Å². The molecular formula is C20H23N3. The maximum absolute atomic E-state index is 7.18. The highest BCUT2D eigenvalue weighted by molar-refractivity contribution is 5.71. The predicted octanol–water partition coefficient (Wildman–Crippen LogP) is 4.27. The van der Waals surface area contributed by atoms with Gasteiger partial charge in [0.2, 0.25) is 0 Å². The van der Waals surface area contributed by atoms with E-state index in [1.165, 1.54) is 23.1 Å². The van der Waals surface area contributed by atoms with E-state index in [2.05, 4.69) is 42.5 Å². The molecule has 2 rings (SSSR count). The van der Waals surface area contributed by atoms with Crippen molar-refractivity contribution in [3.63, 3.8) is 0 Å². The number of aliphatic imine (C=N–C) groups is 1. The second-order valence-corrected chi connectivity index (χ2v) is 5.50. The monoisotopic (exact) mass is 305 g/mol. The fourth-order valence-electron chi connectivity index (χ4n) is 2.90. The minimum atomic E-state index is 0.280. The van der Waals surface area contributed by atoms with Crippen LogP contribution < -0.4 is 5.32 Å². The Morgan fingerprint density at radius 2 is 2.22 bits per heavy atom. The van der Waals surface area contributed by atoms with Crippen LogP contribution in [0.3, 0.4) is 0 Å². The first-order chi connectivity index (χ1) is 11.2. The normalized spacial score (nSPS) is 23.2. The van der Waals surface area contributed by atoms with Crippen LogP contribution in [0, 0.1) is 11.3 Å². The molecule has 0 spiro atoms. The Labute approximate surface area is 138 Å². The lowest BCUT2D eigenvalue weighted by molar-refractivity contribution is 0.566. The van der Waals surface area contributed by atoms with E-state index >= 15 is 0 Å². The largest absolute Gasteiger partial charge is 0.384 e. The van der Waals surface area contributed by atoms with Crippen LogP contribution in [0.2, 0.25) is 0 Å². The number of fused-ring (bicyclic) bond motifs is 2. The van der Waals surface area contributed by atoms with Crippen LogP contribution in [0.1, 0.15) is 13.3 Å². The summed E-state index contributed by atoms with van der Waals surface area (Å²) in [6, 6.07) is 0. The molecule has 23 heavy (non-hydrogen) atoms. The lowest BCUT2D eigenvalue weighted by Crippen LogP contribution is -2.33. The number of hydrogen-bond acceptors (Lipinski definition) is 3. The first-order valence-corrected chi connectivity index (χ1v) is 7.69. The van der Waals surface area contributed by atoms with Gasteiger partial charge in [0.1, 0.15) is 0 Å². The highest BCUT2D eigenvalue weighted by Gasteiger charge is 2.29. The first kappa shape index (κ1) is 16.7. The number of allylic oxidation sites excluding steroid dienone is 9. The van der Waals surface area contributed by atoms with Gasteiger partial charge in [0.05, 0.1) is 0 Å². The molecule has 2 N–H and O–H groups in total. The molecule has 1 heterocycles. The van der Waals surface area contributed by atoms with Gasteiger partial charge in [-0.2, -0.15) is 0 Å². The van der Waals surface area contributed by atoms with Crippen molar-refractivity contribution in [3.8, 4) is 0 Å². The molecule has 1 aliphatic carbocycles. The molecular weight excluding hydrogens is 282 g/mol. The van der Waals surface area contributed by atoms with E-state index in [1.807, 2.05) is 18.4 Å². The van der Waals surface area contributed by atoms with E-state index in [-0.39, 0.29) is 5.92 Å². The van der Waals surface area contributed by atoms with E-state index in [0.29, 0.717) is 0 Å². The van der Waals surface area contributed by atoms with Crippen LogP contribution in [0.25, 0.3) is 0 Å². The SMILES string of the molecule is C=CC=N/C=C(\C)C1=CC=C2CN/C(=C(C=C)/C=C\C=N)C1C2. The summed E-state index contributed by atoms with van der Waals surface area (Å²) in [5.74, 6) is 0.280. The van der Waals surface area contributed by atoms with Crippen LogP contribution in [0.4, 0.5) is 0 Å². The van der Waals surface area contributed by atoms with Gasteiger partial charge in [-0.3, -0.25) is 4.99 Å². The molecule has 1 aliphatic heterocycles. The zero-order valence-electron chi connectivity index (χ0n) is 13.5. The highest BCUT2D eigenvalue weighted by atomic mass is 14.9. The average molecular weight is 305 g/mol. The predicted molar refractivity (Wildman–Crippen MR) is 99.9 cm³/mol. The molecule has 0 radical (unpaired) electrons. The van der Waals surface area contributed by atoms with Gasteiger partial charge < -0.3 is 10.7 Å². The van der Waals surface area contributed by atoms with Crippen LogP contribution in [-0.2, 0) is 0 Å². The standard InChI is InChI=1S/C20H23N3/c1-4-11-22-13-15(3)18-9-8-16-12-19(18)20(23-14-16)17(5-2)7-6-10-21/h4-11,13,19,21,23H,1-2,12,14H2,3H3/b7-6-,15-13+,20-17+,21-10?,22-11?. The molecule has 3 nitrogen and oxygen atoms in total. The van der Waals surface area contributed by atoms with Crippen molar-refractivity contribution in [3.05, 3.63) is 83.8 Å². The van der Waals surface area contributed by atoms with Crippen LogP contribution >= 0.6 is 0 Å². The molecule has 1 fully saturated rings. The second-order valence-electron chi connectivity index (χ2n) is 5.50. The van der Waals surface area contributed by atoms with Crippen molar-refractivity contribution in [2.45, 2.75) is 13.3 Å². The van der Waals surface area contributed by atoms with Crippen molar-refractivity contribution in [2.75, 3.05) is 6.54 Å². The Morgan fingerprint density at radius 1 is 1.39 bits per heavy atom. The Morgan fingerprint density at radius 3 is 2.91 bits per heavy atom. The molecule has 2 aliphatic rings. The first-order valence-electron chi connectivity index (χ1n) is 7.69. The van der Waals surface area contributed by atoms with Gasteiger partial charge in [-0.25, -0.2) is 0 Å². The number of piperidine rings is 1. The molecule has 118 valence electrons. The maximum Gasteiger partial charge on any atom is 0.0361 e. The van der Waals surface area contributed by atoms with Crippen molar-refractivity contribution in [1.29, 1.82) is 5.41 Å². The van der Waals surface area contributed by atoms with E-state index in [4.69, 9.17) is 5.41 Å². The molecule has 1 saturated heterocycles. The topological polar surface area (TPSA) is 48.2 Å². The van der Waals surface area contributed by atoms with Crippen molar-refractivity contribution >= 4 is 12.4 Å². The molecule has 0 saturated carbocycles. The van der Waals surface area contributed by atoms with Crippen molar-refractivity contribution in [1.82, 2.24) is 5.32 Å². The third-order valence-electron chi connectivity index (χ3n) is 4.01. The third-order valence-corrected chi connectivity index (χ3v) is 4.01. The number of nitrogens with one attached hydrogen (secondary N) is 2. The zero-order chi connectivity index (χ0) is 16.7. The summed E-state index contributed by atoms with van der Waals surface area (Å²) in [6.45, 7) is 10.5. The summed E-state index contributed by atoms with van der Waals surface area (Å²) in [4.78, 5) is 4.24. The van der Waals surface area contributed by atoms with Crippen LogP contribution in [-0.4, -0.2) is 19.0 Å². The Bertz CT molecular complexity index is 682. The van der Waals surface area contributed by atoms with Gasteiger partial charge >= 0.3 is 0 Å². The summed E-state index contributed by atoms with van der Waals surface area (Å²) >= 11 is 0. The van der Waals surface area contributed by atoms with Crippen molar-refractivity contribution < 1.29 is 0 Å². The fourth-order valence-corrected chi connectivity index (χ4v) is 2.90. The Kier molecular flexibility index (Phi) is 5.87. The van der Waals surface area contributed by atoms with Gasteiger partial charge in [-0.05, 0) is 36.1 Å². The van der Waals surface area contributed by atoms with Crippen LogP contribution in [0.15, 0.2) is 88.8 Å². The number of hydrogen-bond donors (Lipinski definition) is 2. The van der Waals surface area contributed by atoms with Gasteiger partial charge in [-0.15, -0.1) is 0 Å². The lowest BCUT2D eigenvalue weighted by atomic mass is 9.78. The Balaban J connectivity index is 2.42. The summed E-state index contributed by atoms with van der Waals surface area (Å²) in [5.41, 5.74) is 6.02. The molecule has 0 aromatic rings.